The summed E-state index contributed by atoms with van der Waals surface area (Å²) in [5.41, 5.74) is 2.37. The van der Waals surface area contributed by atoms with Crippen LogP contribution < -0.4 is 10.4 Å². The second kappa shape index (κ2) is 8.50. The van der Waals surface area contributed by atoms with Crippen molar-refractivity contribution >= 4 is 18.7 Å². The van der Waals surface area contributed by atoms with Gasteiger partial charge < -0.3 is 9.53 Å². The smallest absolute Gasteiger partial charge is 0.261 e. The van der Waals surface area contributed by atoms with Crippen LogP contribution in [0.2, 0.25) is 5.04 Å². The Bertz CT molecular complexity index is 923. The van der Waals surface area contributed by atoms with Gasteiger partial charge in [0.25, 0.3) is 8.32 Å². The van der Waals surface area contributed by atoms with Crippen LogP contribution in [0.15, 0.2) is 84.9 Å². The quantitative estimate of drug-likeness (QED) is 0.582. The first-order chi connectivity index (χ1) is 14.4. The first-order valence-electron chi connectivity index (χ1n) is 10.9. The Kier molecular flexibility index (Phi) is 5.96. The lowest BCUT2D eigenvalue weighted by atomic mass is 10.0. The molecule has 0 aliphatic heterocycles. The lowest BCUT2D eigenvalue weighted by molar-refractivity contribution is 0.105. The van der Waals surface area contributed by atoms with Crippen LogP contribution >= 0.6 is 0 Å². The summed E-state index contributed by atoms with van der Waals surface area (Å²) >= 11 is 0. The molecule has 0 aromatic heterocycles. The van der Waals surface area contributed by atoms with Gasteiger partial charge in [0.2, 0.25) is 0 Å². The molecule has 2 nitrogen and oxygen atoms in total. The van der Waals surface area contributed by atoms with Gasteiger partial charge in [-0.15, -0.1) is 0 Å². The molecule has 0 saturated heterocycles. The van der Waals surface area contributed by atoms with E-state index in [1.807, 2.05) is 6.07 Å². The van der Waals surface area contributed by atoms with Crippen molar-refractivity contribution in [2.45, 2.75) is 44.8 Å². The topological polar surface area (TPSA) is 29.5 Å². The molecule has 1 aliphatic carbocycles. The maximum absolute atomic E-state index is 10.8. The van der Waals surface area contributed by atoms with Crippen molar-refractivity contribution in [3.05, 3.63) is 96.1 Å². The van der Waals surface area contributed by atoms with Crippen LogP contribution in [0.25, 0.3) is 0 Å². The first kappa shape index (κ1) is 21.0. The molecule has 0 fully saturated rings. The van der Waals surface area contributed by atoms with Crippen molar-refractivity contribution in [3.8, 4) is 0 Å². The van der Waals surface area contributed by atoms with Gasteiger partial charge in [-0.2, -0.15) is 0 Å². The molecule has 0 heterocycles. The van der Waals surface area contributed by atoms with Crippen LogP contribution in [-0.2, 0) is 10.8 Å². The van der Waals surface area contributed by atoms with E-state index in [4.69, 9.17) is 4.43 Å². The van der Waals surface area contributed by atoms with Gasteiger partial charge in [-0.25, -0.2) is 0 Å². The van der Waals surface area contributed by atoms with Crippen molar-refractivity contribution in [2.75, 3.05) is 6.61 Å². The molecule has 0 bridgehead atoms. The van der Waals surface area contributed by atoms with Crippen LogP contribution in [-0.4, -0.2) is 20.0 Å². The molecular weight excluding hydrogens is 384 g/mol. The van der Waals surface area contributed by atoms with E-state index in [9.17, 15) is 5.11 Å². The summed E-state index contributed by atoms with van der Waals surface area (Å²) in [6.45, 7) is 7.57. The second-order valence-corrected chi connectivity index (χ2v) is 13.7. The first-order valence-corrected chi connectivity index (χ1v) is 12.9. The van der Waals surface area contributed by atoms with Gasteiger partial charge in [0.1, 0.15) is 0 Å². The fourth-order valence-electron chi connectivity index (χ4n) is 5.04. The highest BCUT2D eigenvalue weighted by Crippen LogP contribution is 2.40. The van der Waals surface area contributed by atoms with Gasteiger partial charge in [0.15, 0.2) is 0 Å². The van der Waals surface area contributed by atoms with Crippen molar-refractivity contribution < 1.29 is 9.53 Å². The SMILES string of the molecule is CC(C)(C)[Si](OCC[C@H]1Cc2ccccc2[C@H]1O)(c1ccccc1)c1ccccc1. The van der Waals surface area contributed by atoms with Crippen molar-refractivity contribution in [2.24, 2.45) is 5.92 Å². The van der Waals surface area contributed by atoms with Crippen LogP contribution in [0.3, 0.4) is 0 Å². The third kappa shape index (κ3) is 3.78. The van der Waals surface area contributed by atoms with E-state index >= 15 is 0 Å². The minimum absolute atomic E-state index is 0.0209. The lowest BCUT2D eigenvalue weighted by Gasteiger charge is -2.43. The molecule has 3 heteroatoms. The molecule has 30 heavy (non-hydrogen) atoms. The number of aliphatic hydroxyl groups excluding tert-OH is 1. The summed E-state index contributed by atoms with van der Waals surface area (Å²) in [4.78, 5) is 0. The van der Waals surface area contributed by atoms with Gasteiger partial charge >= 0.3 is 0 Å². The fourth-order valence-corrected chi connectivity index (χ4v) is 9.62. The van der Waals surface area contributed by atoms with Gasteiger partial charge in [-0.3, -0.25) is 0 Å². The molecule has 0 amide bonds. The van der Waals surface area contributed by atoms with Crippen LogP contribution in [0, 0.1) is 5.92 Å². The number of benzene rings is 3. The van der Waals surface area contributed by atoms with E-state index in [-0.39, 0.29) is 17.1 Å². The molecule has 0 saturated carbocycles. The highest BCUT2D eigenvalue weighted by atomic mass is 28.4. The van der Waals surface area contributed by atoms with Crippen molar-refractivity contribution in [1.29, 1.82) is 0 Å². The zero-order valence-corrected chi connectivity index (χ0v) is 19.2. The predicted molar refractivity (Wildman–Crippen MR) is 127 cm³/mol. The van der Waals surface area contributed by atoms with Gasteiger partial charge in [0.05, 0.1) is 6.10 Å². The fraction of sp³-hybridized carbons (Fsp3) is 0.333. The van der Waals surface area contributed by atoms with Crippen molar-refractivity contribution in [3.63, 3.8) is 0 Å². The number of rotatable bonds is 6. The Morgan fingerprint density at radius 1 is 0.833 bits per heavy atom. The monoisotopic (exact) mass is 416 g/mol. The Balaban J connectivity index is 1.62. The molecule has 0 spiro atoms. The summed E-state index contributed by atoms with van der Waals surface area (Å²) in [7, 11) is -2.50. The predicted octanol–water partition coefficient (Wildman–Crippen LogP) is 4.86. The minimum Gasteiger partial charge on any atom is -0.407 e. The van der Waals surface area contributed by atoms with E-state index in [1.54, 1.807) is 0 Å². The standard InChI is InChI=1S/C27H32O2Si/c1-27(2,3)30(23-13-6-4-7-14-23,24-15-8-5-9-16-24)29-19-18-22-20-21-12-10-11-17-25(21)26(22)28/h4-17,22,26,28H,18-20H2,1-3H3/t22-,26-/m0/s1. The Morgan fingerprint density at radius 2 is 1.37 bits per heavy atom. The average Bonchev–Trinajstić information content (AvgIpc) is 3.07. The van der Waals surface area contributed by atoms with E-state index in [0.717, 1.165) is 18.4 Å². The van der Waals surface area contributed by atoms with E-state index in [2.05, 4.69) is 99.6 Å². The normalized spacial score (nSPS) is 18.9. The summed E-state index contributed by atoms with van der Waals surface area (Å²) in [5, 5.41) is 13.4. The number of fused-ring (bicyclic) bond motifs is 1. The number of aliphatic hydroxyl groups is 1. The molecule has 0 unspecified atom stereocenters. The minimum atomic E-state index is -2.50. The van der Waals surface area contributed by atoms with Gasteiger partial charge in [-0.1, -0.05) is 106 Å². The molecule has 1 aliphatic rings. The summed E-state index contributed by atoms with van der Waals surface area (Å²) < 4.78 is 7.00. The Hall–Kier alpha value is -2.20. The molecule has 156 valence electrons. The molecule has 2 atom stereocenters. The molecule has 3 aromatic carbocycles. The van der Waals surface area contributed by atoms with Gasteiger partial charge in [-0.05, 0) is 45.3 Å². The largest absolute Gasteiger partial charge is 0.407 e. The molecule has 0 radical (unpaired) electrons. The highest BCUT2D eigenvalue weighted by molar-refractivity contribution is 6.99. The number of hydrogen-bond donors (Lipinski definition) is 1. The molecule has 1 N–H and O–H groups in total. The van der Waals surface area contributed by atoms with Crippen LogP contribution in [0.1, 0.15) is 44.4 Å². The second-order valence-electron chi connectivity index (χ2n) is 9.41. The number of hydrogen-bond acceptors (Lipinski definition) is 2. The zero-order valence-electron chi connectivity index (χ0n) is 18.2. The van der Waals surface area contributed by atoms with Crippen LogP contribution in [0.5, 0.6) is 0 Å². The van der Waals surface area contributed by atoms with E-state index < -0.39 is 8.32 Å². The third-order valence-electron chi connectivity index (χ3n) is 6.53. The maximum Gasteiger partial charge on any atom is 0.261 e. The summed E-state index contributed by atoms with van der Waals surface area (Å²) in [6.07, 6.45) is 1.41. The average molecular weight is 417 g/mol. The molecule has 3 aromatic rings. The maximum atomic E-state index is 10.8. The van der Waals surface area contributed by atoms with Crippen molar-refractivity contribution in [1.82, 2.24) is 0 Å². The van der Waals surface area contributed by atoms with Gasteiger partial charge in [0, 0.05) is 6.61 Å². The highest BCUT2D eigenvalue weighted by Gasteiger charge is 2.50. The van der Waals surface area contributed by atoms with E-state index in [1.165, 1.54) is 15.9 Å². The Labute approximate surface area is 181 Å². The summed E-state index contributed by atoms with van der Waals surface area (Å²) in [5.74, 6) is 0.223. The molecule has 4 rings (SSSR count). The van der Waals surface area contributed by atoms with Crippen LogP contribution in [0.4, 0.5) is 0 Å². The lowest BCUT2D eigenvalue weighted by Crippen LogP contribution is -2.66. The molecular formula is C27H32O2Si. The third-order valence-corrected chi connectivity index (χ3v) is 11.6. The van der Waals surface area contributed by atoms with E-state index in [0.29, 0.717) is 6.61 Å². The Morgan fingerprint density at radius 3 is 1.90 bits per heavy atom. The summed E-state index contributed by atoms with van der Waals surface area (Å²) in [6, 6.07) is 29.8. The zero-order chi connectivity index (χ0) is 21.2.